The summed E-state index contributed by atoms with van der Waals surface area (Å²) in [6.45, 7) is 4.30. The van der Waals surface area contributed by atoms with Crippen LogP contribution >= 0.6 is 0 Å². The van der Waals surface area contributed by atoms with Crippen molar-refractivity contribution in [2.45, 2.75) is 45.1 Å². The number of nitrogens with one attached hydrogen (secondary N) is 2. The molecule has 0 radical (unpaired) electrons. The van der Waals surface area contributed by atoms with Crippen molar-refractivity contribution in [2.24, 2.45) is 11.3 Å². The molecule has 2 amide bonds. The fraction of sp³-hybridized carbons (Fsp3) is 0.393. The lowest BCUT2D eigenvalue weighted by atomic mass is 9.87. The van der Waals surface area contributed by atoms with E-state index < -0.39 is 23.4 Å². The predicted molar refractivity (Wildman–Crippen MR) is 133 cm³/mol. The lowest BCUT2D eigenvalue weighted by molar-refractivity contribution is -0.142. The van der Waals surface area contributed by atoms with Gasteiger partial charge in [-0.2, -0.15) is 0 Å². The average Bonchev–Trinajstić information content (AvgIpc) is 3.15. The Morgan fingerprint density at radius 2 is 1.66 bits per heavy atom. The zero-order valence-corrected chi connectivity index (χ0v) is 20.1. The highest BCUT2D eigenvalue weighted by molar-refractivity contribution is 5.79. The van der Waals surface area contributed by atoms with E-state index in [9.17, 15) is 19.5 Å². The summed E-state index contributed by atoms with van der Waals surface area (Å²) in [6.07, 6.45) is 4.20. The van der Waals surface area contributed by atoms with Crippen molar-refractivity contribution in [1.82, 2.24) is 10.6 Å². The Kier molecular flexibility index (Phi) is 7.24. The number of allylic oxidation sites excluding steroid dienone is 1. The molecule has 2 aromatic rings. The minimum Gasteiger partial charge on any atom is -0.481 e. The Labute approximate surface area is 205 Å². The molecule has 35 heavy (non-hydrogen) atoms. The van der Waals surface area contributed by atoms with Crippen LogP contribution in [0.15, 0.2) is 60.7 Å². The monoisotopic (exact) mass is 476 g/mol. The highest BCUT2D eigenvalue weighted by Crippen LogP contribution is 2.44. The first-order valence-corrected chi connectivity index (χ1v) is 12.0. The third-order valence-electron chi connectivity index (χ3n) is 6.72. The van der Waals surface area contributed by atoms with Crippen LogP contribution in [0.25, 0.3) is 11.1 Å². The number of benzene rings is 2. The summed E-state index contributed by atoms with van der Waals surface area (Å²) >= 11 is 0. The molecule has 4 rings (SSSR count). The standard InChI is InChI=1S/C28H32N2O5/c1-28(2,15-25(31)30-19-9-7-8-18(14-19)26(32)33)17-29-27(34)35-16-24-22-12-5-3-10-20(22)21-11-4-6-13-23(21)24/h3-7,9-13,18-19,24H,8,14-17H2,1-2H3,(H,29,34)(H,30,31)(H,32,33). The minimum atomic E-state index is -0.846. The van der Waals surface area contributed by atoms with Gasteiger partial charge in [-0.25, -0.2) is 4.79 Å². The quantitative estimate of drug-likeness (QED) is 0.488. The summed E-state index contributed by atoms with van der Waals surface area (Å²) in [5.74, 6) is -1.51. The van der Waals surface area contributed by atoms with Crippen LogP contribution in [-0.4, -0.2) is 42.3 Å². The number of alkyl carbamates (subject to hydrolysis) is 1. The summed E-state index contributed by atoms with van der Waals surface area (Å²) in [5, 5.41) is 14.9. The van der Waals surface area contributed by atoms with Crippen LogP contribution in [-0.2, 0) is 14.3 Å². The van der Waals surface area contributed by atoms with Crippen molar-refractivity contribution >= 4 is 18.0 Å². The summed E-state index contributed by atoms with van der Waals surface area (Å²) < 4.78 is 5.58. The van der Waals surface area contributed by atoms with Crippen molar-refractivity contribution in [1.29, 1.82) is 0 Å². The molecule has 2 atom stereocenters. The van der Waals surface area contributed by atoms with Gasteiger partial charge in [-0.1, -0.05) is 74.5 Å². The number of carboxylic acid groups (broad SMARTS) is 1. The molecule has 0 bridgehead atoms. The van der Waals surface area contributed by atoms with Crippen molar-refractivity contribution in [3.05, 3.63) is 71.8 Å². The smallest absolute Gasteiger partial charge is 0.407 e. The molecule has 2 aliphatic rings. The van der Waals surface area contributed by atoms with E-state index in [0.717, 1.165) is 11.1 Å². The first-order chi connectivity index (χ1) is 16.7. The first kappa shape index (κ1) is 24.5. The second kappa shape index (κ2) is 10.3. The third kappa shape index (κ3) is 5.91. The molecule has 2 aliphatic carbocycles. The number of aliphatic carboxylic acids is 1. The van der Waals surface area contributed by atoms with Crippen molar-refractivity contribution in [2.75, 3.05) is 13.2 Å². The Morgan fingerprint density at radius 3 is 2.29 bits per heavy atom. The number of rotatable bonds is 8. The lowest BCUT2D eigenvalue weighted by Crippen LogP contribution is -2.42. The van der Waals surface area contributed by atoms with Crippen molar-refractivity contribution in [3.8, 4) is 11.1 Å². The van der Waals surface area contributed by atoms with Crippen LogP contribution in [0.5, 0.6) is 0 Å². The molecular formula is C28H32N2O5. The molecule has 184 valence electrons. The molecule has 2 unspecified atom stereocenters. The zero-order valence-electron chi connectivity index (χ0n) is 20.1. The third-order valence-corrected chi connectivity index (χ3v) is 6.72. The number of carbonyl (C=O) groups excluding carboxylic acids is 2. The van der Waals surface area contributed by atoms with Gasteiger partial charge in [-0.3, -0.25) is 9.59 Å². The first-order valence-electron chi connectivity index (χ1n) is 12.0. The van der Waals surface area contributed by atoms with E-state index in [1.807, 2.05) is 44.2 Å². The van der Waals surface area contributed by atoms with E-state index in [2.05, 4.69) is 34.9 Å². The van der Waals surface area contributed by atoms with Gasteiger partial charge in [0.25, 0.3) is 0 Å². The number of hydrogen-bond donors (Lipinski definition) is 3. The molecule has 2 aromatic carbocycles. The number of fused-ring (bicyclic) bond motifs is 3. The average molecular weight is 477 g/mol. The second-order valence-electron chi connectivity index (χ2n) is 10.1. The van der Waals surface area contributed by atoms with E-state index >= 15 is 0 Å². The summed E-state index contributed by atoms with van der Waals surface area (Å²) in [6, 6.07) is 16.1. The Bertz CT molecular complexity index is 1090. The predicted octanol–water partition coefficient (Wildman–Crippen LogP) is 4.48. The van der Waals surface area contributed by atoms with Crippen LogP contribution in [0, 0.1) is 11.3 Å². The fourth-order valence-corrected chi connectivity index (χ4v) is 4.91. The molecule has 0 aromatic heterocycles. The zero-order chi connectivity index (χ0) is 25.0. The fourth-order valence-electron chi connectivity index (χ4n) is 4.91. The van der Waals surface area contributed by atoms with E-state index in [-0.39, 0.29) is 37.4 Å². The van der Waals surface area contributed by atoms with E-state index in [1.54, 1.807) is 6.08 Å². The van der Waals surface area contributed by atoms with Gasteiger partial charge in [0.05, 0.1) is 5.92 Å². The molecule has 0 saturated heterocycles. The van der Waals surface area contributed by atoms with E-state index in [1.165, 1.54) is 11.1 Å². The normalized spacial score (nSPS) is 18.9. The molecule has 3 N–H and O–H groups in total. The number of amides is 2. The van der Waals surface area contributed by atoms with Crippen molar-refractivity contribution in [3.63, 3.8) is 0 Å². The Hall–Kier alpha value is -3.61. The van der Waals surface area contributed by atoms with Crippen LogP contribution in [0.1, 0.15) is 50.2 Å². The second-order valence-corrected chi connectivity index (χ2v) is 10.1. The highest BCUT2D eigenvalue weighted by atomic mass is 16.5. The topological polar surface area (TPSA) is 105 Å². The van der Waals surface area contributed by atoms with Gasteiger partial charge in [0, 0.05) is 24.9 Å². The molecule has 0 spiro atoms. The van der Waals surface area contributed by atoms with Gasteiger partial charge < -0.3 is 20.5 Å². The van der Waals surface area contributed by atoms with Crippen molar-refractivity contribution < 1.29 is 24.2 Å². The number of carbonyl (C=O) groups is 3. The summed E-state index contributed by atoms with van der Waals surface area (Å²) in [7, 11) is 0. The van der Waals surface area contributed by atoms with Crippen LogP contribution in [0.4, 0.5) is 4.79 Å². The maximum atomic E-state index is 12.5. The van der Waals surface area contributed by atoms with E-state index in [4.69, 9.17) is 4.74 Å². The van der Waals surface area contributed by atoms with Gasteiger partial charge in [0.15, 0.2) is 0 Å². The largest absolute Gasteiger partial charge is 0.481 e. The van der Waals surface area contributed by atoms with E-state index in [0.29, 0.717) is 12.8 Å². The lowest BCUT2D eigenvalue weighted by Gasteiger charge is -2.27. The number of ether oxygens (including phenoxy) is 1. The molecule has 0 aliphatic heterocycles. The number of hydrogen-bond acceptors (Lipinski definition) is 4. The molecule has 0 saturated carbocycles. The maximum absolute atomic E-state index is 12.5. The maximum Gasteiger partial charge on any atom is 0.407 e. The molecule has 0 heterocycles. The Balaban J connectivity index is 1.25. The van der Waals surface area contributed by atoms with Gasteiger partial charge >= 0.3 is 12.1 Å². The van der Waals surface area contributed by atoms with Crippen LogP contribution < -0.4 is 10.6 Å². The van der Waals surface area contributed by atoms with Gasteiger partial charge in [0.2, 0.25) is 5.91 Å². The van der Waals surface area contributed by atoms with Crippen LogP contribution in [0.3, 0.4) is 0 Å². The summed E-state index contributed by atoms with van der Waals surface area (Å²) in [5.41, 5.74) is 4.15. The van der Waals surface area contributed by atoms with Crippen LogP contribution in [0.2, 0.25) is 0 Å². The van der Waals surface area contributed by atoms with Gasteiger partial charge in [0.1, 0.15) is 6.61 Å². The molecule has 7 heteroatoms. The van der Waals surface area contributed by atoms with Gasteiger partial charge in [-0.15, -0.1) is 0 Å². The summed E-state index contributed by atoms with van der Waals surface area (Å²) in [4.78, 5) is 36.2. The molecular weight excluding hydrogens is 444 g/mol. The minimum absolute atomic E-state index is 0.00915. The molecule has 7 nitrogen and oxygen atoms in total. The molecule has 0 fully saturated rings. The van der Waals surface area contributed by atoms with Gasteiger partial charge in [-0.05, 0) is 40.5 Å². The highest BCUT2D eigenvalue weighted by Gasteiger charge is 2.30. The Morgan fingerprint density at radius 1 is 1.03 bits per heavy atom. The number of carboxylic acids is 1. The SMILES string of the molecule is CC(C)(CNC(=O)OCC1c2ccccc2-c2ccccc21)CC(=O)NC1C=CCC(C(=O)O)C1.